The van der Waals surface area contributed by atoms with Crippen molar-refractivity contribution >= 4 is 37.5 Å². The number of thiazole rings is 1. The molecule has 182 valence electrons. The number of carbonyl (C=O) groups is 1. The molecule has 1 aromatic heterocycles. The van der Waals surface area contributed by atoms with E-state index in [1.807, 2.05) is 6.92 Å². The summed E-state index contributed by atoms with van der Waals surface area (Å²) >= 11 is 1.51. The van der Waals surface area contributed by atoms with Crippen LogP contribution in [0.4, 0.5) is 0 Å². The van der Waals surface area contributed by atoms with E-state index in [-0.39, 0.29) is 16.8 Å². The van der Waals surface area contributed by atoms with Gasteiger partial charge in [0.1, 0.15) is 0 Å². The summed E-state index contributed by atoms with van der Waals surface area (Å²) in [5.41, 5.74) is 3.90. The number of amides is 1. The molecule has 2 aromatic carbocycles. The zero-order valence-electron chi connectivity index (χ0n) is 20.4. The van der Waals surface area contributed by atoms with Crippen LogP contribution in [0, 0.1) is 13.8 Å². The Morgan fingerprint density at radius 2 is 1.79 bits per heavy atom. The molecule has 6 nitrogen and oxygen atoms in total. The third kappa shape index (κ3) is 4.76. The minimum absolute atomic E-state index is 0.0457. The lowest BCUT2D eigenvalue weighted by Gasteiger charge is -2.34. The van der Waals surface area contributed by atoms with Crippen LogP contribution in [-0.2, 0) is 16.6 Å². The molecule has 34 heavy (non-hydrogen) atoms. The molecule has 2 heterocycles. The van der Waals surface area contributed by atoms with E-state index in [1.165, 1.54) is 34.6 Å². The van der Waals surface area contributed by atoms with Gasteiger partial charge in [0.05, 0.1) is 15.1 Å². The summed E-state index contributed by atoms with van der Waals surface area (Å²) in [7, 11) is -3.57. The number of sulfonamides is 1. The van der Waals surface area contributed by atoms with Crippen LogP contribution in [0.2, 0.25) is 0 Å². The van der Waals surface area contributed by atoms with Crippen molar-refractivity contribution in [2.45, 2.75) is 77.3 Å². The van der Waals surface area contributed by atoms with Crippen LogP contribution < -0.4 is 4.80 Å². The van der Waals surface area contributed by atoms with E-state index < -0.39 is 10.0 Å². The van der Waals surface area contributed by atoms with Gasteiger partial charge in [-0.05, 0) is 87.1 Å². The summed E-state index contributed by atoms with van der Waals surface area (Å²) < 4.78 is 31.3. The van der Waals surface area contributed by atoms with Crippen LogP contribution in [0.3, 0.4) is 0 Å². The number of fused-ring (bicyclic) bond motifs is 1. The Bertz CT molecular complexity index is 1370. The molecule has 0 saturated carbocycles. The predicted octanol–water partition coefficient (Wildman–Crippen LogP) is 5.42. The fourth-order valence-electron chi connectivity index (χ4n) is 4.60. The van der Waals surface area contributed by atoms with Gasteiger partial charge in [-0.1, -0.05) is 31.6 Å². The van der Waals surface area contributed by atoms with E-state index in [1.54, 1.807) is 16.4 Å². The van der Waals surface area contributed by atoms with E-state index in [2.05, 4.69) is 42.5 Å². The standard InChI is InChI=1S/C26H33N3O3S2/c1-5-14-28-23-16-18(3)19(4)17-24(23)33-26(28)27-25(30)20-10-12-22(13-11-20)34(31,32)29-15-8-7-9-21(29)6-2/h10-13,16-17,21H,5-9,14-15H2,1-4H3. The number of benzene rings is 2. The maximum absolute atomic E-state index is 13.2. The van der Waals surface area contributed by atoms with E-state index in [0.717, 1.165) is 48.9 Å². The monoisotopic (exact) mass is 499 g/mol. The van der Waals surface area contributed by atoms with Gasteiger partial charge in [-0.15, -0.1) is 0 Å². The first-order chi connectivity index (χ1) is 16.3. The van der Waals surface area contributed by atoms with E-state index >= 15 is 0 Å². The molecule has 8 heteroatoms. The van der Waals surface area contributed by atoms with Crippen molar-refractivity contribution in [3.63, 3.8) is 0 Å². The number of aromatic nitrogens is 1. The lowest BCUT2D eigenvalue weighted by molar-refractivity contribution is 0.0997. The number of hydrogen-bond donors (Lipinski definition) is 0. The van der Waals surface area contributed by atoms with Crippen LogP contribution in [0.5, 0.6) is 0 Å². The fourth-order valence-corrected chi connectivity index (χ4v) is 7.50. The van der Waals surface area contributed by atoms with Crippen LogP contribution >= 0.6 is 11.3 Å². The second kappa shape index (κ2) is 10.1. The molecule has 1 fully saturated rings. The molecule has 1 atom stereocenters. The van der Waals surface area contributed by atoms with Crippen molar-refractivity contribution < 1.29 is 13.2 Å². The Morgan fingerprint density at radius 3 is 2.47 bits per heavy atom. The predicted molar refractivity (Wildman–Crippen MR) is 138 cm³/mol. The zero-order chi connectivity index (χ0) is 24.5. The largest absolute Gasteiger partial charge is 0.316 e. The van der Waals surface area contributed by atoms with Crippen molar-refractivity contribution in [1.29, 1.82) is 0 Å². The van der Waals surface area contributed by atoms with Crippen molar-refractivity contribution in [2.75, 3.05) is 6.54 Å². The second-order valence-corrected chi connectivity index (χ2v) is 12.0. The summed E-state index contributed by atoms with van der Waals surface area (Å²) in [5, 5.41) is 0. The van der Waals surface area contributed by atoms with Gasteiger partial charge in [0, 0.05) is 24.7 Å². The molecule has 0 N–H and O–H groups in total. The first kappa shape index (κ1) is 24.8. The van der Waals surface area contributed by atoms with Gasteiger partial charge in [0.2, 0.25) is 10.0 Å². The molecule has 1 saturated heterocycles. The van der Waals surface area contributed by atoms with E-state index in [4.69, 9.17) is 0 Å². The number of carbonyl (C=O) groups excluding carboxylic acids is 1. The molecule has 4 rings (SSSR count). The highest BCUT2D eigenvalue weighted by Gasteiger charge is 2.32. The van der Waals surface area contributed by atoms with Crippen molar-refractivity contribution in [1.82, 2.24) is 8.87 Å². The topological polar surface area (TPSA) is 71.7 Å². The molecule has 0 aliphatic carbocycles. The van der Waals surface area contributed by atoms with Crippen molar-refractivity contribution in [2.24, 2.45) is 4.99 Å². The van der Waals surface area contributed by atoms with Gasteiger partial charge in [0.15, 0.2) is 4.80 Å². The normalized spacial score (nSPS) is 18.0. The third-order valence-corrected chi connectivity index (χ3v) is 9.70. The summed E-state index contributed by atoms with van der Waals surface area (Å²) in [6, 6.07) is 10.6. The number of hydrogen-bond acceptors (Lipinski definition) is 4. The summed E-state index contributed by atoms with van der Waals surface area (Å²) in [4.78, 5) is 18.3. The van der Waals surface area contributed by atoms with Crippen LogP contribution in [0.1, 0.15) is 67.4 Å². The minimum Gasteiger partial charge on any atom is -0.316 e. The lowest BCUT2D eigenvalue weighted by atomic mass is 10.0. The molecular weight excluding hydrogens is 466 g/mol. The van der Waals surface area contributed by atoms with Crippen LogP contribution in [-0.4, -0.2) is 35.8 Å². The highest BCUT2D eigenvalue weighted by Crippen LogP contribution is 2.27. The maximum atomic E-state index is 13.2. The molecule has 3 aromatic rings. The average molecular weight is 500 g/mol. The second-order valence-electron chi connectivity index (χ2n) is 9.06. The molecule has 1 aliphatic rings. The fraction of sp³-hybridized carbons (Fsp3) is 0.462. The molecule has 0 spiro atoms. The highest BCUT2D eigenvalue weighted by molar-refractivity contribution is 7.89. The molecule has 1 unspecified atom stereocenters. The Hall–Kier alpha value is -2.29. The van der Waals surface area contributed by atoms with Crippen molar-refractivity contribution in [3.8, 4) is 0 Å². The van der Waals surface area contributed by atoms with Gasteiger partial charge in [-0.2, -0.15) is 9.30 Å². The first-order valence-corrected chi connectivity index (χ1v) is 14.3. The Labute approximate surface area is 206 Å². The van der Waals surface area contributed by atoms with E-state index in [0.29, 0.717) is 16.9 Å². The number of aryl methyl sites for hydroxylation is 3. The Morgan fingerprint density at radius 1 is 1.09 bits per heavy atom. The Balaban J connectivity index is 1.66. The minimum atomic E-state index is -3.57. The summed E-state index contributed by atoms with van der Waals surface area (Å²) in [6.07, 6.45) is 4.59. The first-order valence-electron chi connectivity index (χ1n) is 12.1. The lowest BCUT2D eigenvalue weighted by Crippen LogP contribution is -2.43. The van der Waals surface area contributed by atoms with Gasteiger partial charge in [-0.25, -0.2) is 8.42 Å². The van der Waals surface area contributed by atoms with Gasteiger partial charge in [0.25, 0.3) is 5.91 Å². The third-order valence-electron chi connectivity index (χ3n) is 6.69. The molecule has 0 radical (unpaired) electrons. The van der Waals surface area contributed by atoms with Crippen LogP contribution in [0.25, 0.3) is 10.2 Å². The number of piperidine rings is 1. The summed E-state index contributed by atoms with van der Waals surface area (Å²) in [6.45, 7) is 9.64. The zero-order valence-corrected chi connectivity index (χ0v) is 22.0. The van der Waals surface area contributed by atoms with Gasteiger partial charge < -0.3 is 4.57 Å². The molecular formula is C26H33N3O3S2. The Kier molecular flexibility index (Phi) is 7.40. The molecule has 0 bridgehead atoms. The quantitative estimate of drug-likeness (QED) is 0.454. The summed E-state index contributed by atoms with van der Waals surface area (Å²) in [5.74, 6) is -0.363. The van der Waals surface area contributed by atoms with Gasteiger partial charge >= 0.3 is 0 Å². The van der Waals surface area contributed by atoms with Crippen molar-refractivity contribution in [3.05, 3.63) is 57.9 Å². The average Bonchev–Trinajstić information content (AvgIpc) is 3.15. The molecule has 1 aliphatic heterocycles. The smallest absolute Gasteiger partial charge is 0.279 e. The van der Waals surface area contributed by atoms with Crippen LogP contribution in [0.15, 0.2) is 46.3 Å². The maximum Gasteiger partial charge on any atom is 0.279 e. The van der Waals surface area contributed by atoms with Gasteiger partial charge in [-0.3, -0.25) is 4.79 Å². The number of rotatable bonds is 6. The highest BCUT2D eigenvalue weighted by atomic mass is 32.2. The van der Waals surface area contributed by atoms with E-state index in [9.17, 15) is 13.2 Å². The SMILES string of the molecule is CCCn1c(=NC(=O)c2ccc(S(=O)(=O)N3CCCCC3CC)cc2)sc2cc(C)c(C)cc21. The number of nitrogens with zero attached hydrogens (tertiary/aromatic N) is 3. The molecule has 1 amide bonds.